The lowest BCUT2D eigenvalue weighted by Gasteiger charge is -2.43. The lowest BCUT2D eigenvalue weighted by molar-refractivity contribution is 0.107. The normalized spacial score (nSPS) is 42.4. The topological polar surface area (TPSA) is 35.2 Å². The summed E-state index contributed by atoms with van der Waals surface area (Å²) in [6, 6.07) is 0. The maximum atomic E-state index is 6.61. The fourth-order valence-electron chi connectivity index (χ4n) is 3.31. The molecule has 2 N–H and O–H groups in total. The fraction of sp³-hybridized carbons (Fsp3) is 1.00. The van der Waals surface area contributed by atoms with Crippen molar-refractivity contribution >= 4 is 0 Å². The van der Waals surface area contributed by atoms with Crippen LogP contribution in [0.1, 0.15) is 46.0 Å². The number of rotatable bonds is 2. The zero-order valence-electron chi connectivity index (χ0n) is 10.2. The van der Waals surface area contributed by atoms with Gasteiger partial charge in [-0.3, -0.25) is 0 Å². The molecule has 3 atom stereocenters. The van der Waals surface area contributed by atoms with Gasteiger partial charge < -0.3 is 10.5 Å². The molecule has 0 radical (unpaired) electrons. The Morgan fingerprint density at radius 2 is 2.13 bits per heavy atom. The van der Waals surface area contributed by atoms with Crippen molar-refractivity contribution in [2.24, 2.45) is 23.5 Å². The molecule has 1 saturated carbocycles. The van der Waals surface area contributed by atoms with E-state index in [9.17, 15) is 0 Å². The standard InChI is InChI=1S/C13H25NO/c1-10(2)11-4-3-6-13(14,8-11)12-5-7-15-9-12/h10-12H,3-9,14H2,1-2H3. The first-order valence-electron chi connectivity index (χ1n) is 6.48. The highest BCUT2D eigenvalue weighted by Gasteiger charge is 2.41. The van der Waals surface area contributed by atoms with Crippen LogP contribution in [0.15, 0.2) is 0 Å². The molecular formula is C13H25NO. The maximum Gasteiger partial charge on any atom is 0.0512 e. The Balaban J connectivity index is 2.00. The van der Waals surface area contributed by atoms with E-state index in [1.807, 2.05) is 0 Å². The highest BCUT2D eigenvalue weighted by Crippen LogP contribution is 2.41. The Morgan fingerprint density at radius 1 is 1.33 bits per heavy atom. The number of hydrogen-bond donors (Lipinski definition) is 1. The van der Waals surface area contributed by atoms with E-state index in [2.05, 4.69) is 13.8 Å². The van der Waals surface area contributed by atoms with Crippen molar-refractivity contribution in [3.63, 3.8) is 0 Å². The molecule has 1 aliphatic heterocycles. The van der Waals surface area contributed by atoms with Crippen LogP contribution >= 0.6 is 0 Å². The SMILES string of the molecule is CC(C)C1CCCC(N)(C2CCOC2)C1. The van der Waals surface area contributed by atoms with Gasteiger partial charge in [0.05, 0.1) is 6.61 Å². The van der Waals surface area contributed by atoms with Crippen molar-refractivity contribution in [3.8, 4) is 0 Å². The van der Waals surface area contributed by atoms with E-state index in [0.29, 0.717) is 5.92 Å². The van der Waals surface area contributed by atoms with E-state index in [1.54, 1.807) is 0 Å². The Morgan fingerprint density at radius 3 is 2.73 bits per heavy atom. The number of nitrogens with two attached hydrogens (primary N) is 1. The van der Waals surface area contributed by atoms with E-state index in [1.165, 1.54) is 32.1 Å². The highest BCUT2D eigenvalue weighted by atomic mass is 16.5. The van der Waals surface area contributed by atoms with Gasteiger partial charge in [-0.25, -0.2) is 0 Å². The largest absolute Gasteiger partial charge is 0.381 e. The van der Waals surface area contributed by atoms with Gasteiger partial charge in [-0.05, 0) is 31.1 Å². The molecule has 2 nitrogen and oxygen atoms in total. The van der Waals surface area contributed by atoms with Crippen LogP contribution in [0.4, 0.5) is 0 Å². The van der Waals surface area contributed by atoms with Gasteiger partial charge >= 0.3 is 0 Å². The molecule has 0 spiro atoms. The molecule has 1 saturated heterocycles. The zero-order valence-corrected chi connectivity index (χ0v) is 10.2. The zero-order chi connectivity index (χ0) is 10.9. The van der Waals surface area contributed by atoms with Gasteiger partial charge in [0.25, 0.3) is 0 Å². The lowest BCUT2D eigenvalue weighted by Crippen LogP contribution is -2.51. The molecule has 0 bridgehead atoms. The van der Waals surface area contributed by atoms with Crippen molar-refractivity contribution in [2.75, 3.05) is 13.2 Å². The second-order valence-electron chi connectivity index (χ2n) is 5.89. The predicted octanol–water partition coefficient (Wildman–Crippen LogP) is 2.57. The lowest BCUT2D eigenvalue weighted by atomic mass is 9.67. The van der Waals surface area contributed by atoms with E-state index < -0.39 is 0 Å². The Labute approximate surface area is 93.6 Å². The minimum Gasteiger partial charge on any atom is -0.381 e. The summed E-state index contributed by atoms with van der Waals surface area (Å²) < 4.78 is 5.49. The van der Waals surface area contributed by atoms with Gasteiger partial charge in [-0.1, -0.05) is 26.7 Å². The molecule has 2 aliphatic rings. The molecule has 2 rings (SSSR count). The van der Waals surface area contributed by atoms with E-state index in [-0.39, 0.29) is 5.54 Å². The Bertz CT molecular complexity index is 211. The van der Waals surface area contributed by atoms with Crippen LogP contribution in [0.25, 0.3) is 0 Å². The van der Waals surface area contributed by atoms with Crippen LogP contribution in [-0.2, 0) is 4.74 Å². The smallest absolute Gasteiger partial charge is 0.0512 e. The van der Waals surface area contributed by atoms with Crippen molar-refractivity contribution in [1.29, 1.82) is 0 Å². The fourth-order valence-corrected chi connectivity index (χ4v) is 3.31. The van der Waals surface area contributed by atoms with Crippen molar-refractivity contribution in [2.45, 2.75) is 51.5 Å². The monoisotopic (exact) mass is 211 g/mol. The number of hydrogen-bond acceptors (Lipinski definition) is 2. The summed E-state index contributed by atoms with van der Waals surface area (Å²) in [5, 5.41) is 0. The third-order valence-electron chi connectivity index (χ3n) is 4.54. The molecule has 0 amide bonds. The van der Waals surface area contributed by atoms with E-state index in [0.717, 1.165) is 25.0 Å². The molecule has 0 aromatic carbocycles. The summed E-state index contributed by atoms with van der Waals surface area (Å²) in [7, 11) is 0. The molecule has 0 aromatic rings. The Hall–Kier alpha value is -0.0800. The molecule has 2 heteroatoms. The van der Waals surface area contributed by atoms with Crippen molar-refractivity contribution in [3.05, 3.63) is 0 Å². The van der Waals surface area contributed by atoms with E-state index >= 15 is 0 Å². The van der Waals surface area contributed by atoms with Crippen LogP contribution in [0.3, 0.4) is 0 Å². The van der Waals surface area contributed by atoms with Gasteiger partial charge in [0, 0.05) is 18.1 Å². The average molecular weight is 211 g/mol. The summed E-state index contributed by atoms with van der Waals surface area (Å²) in [6.07, 6.45) is 6.31. The second-order valence-corrected chi connectivity index (χ2v) is 5.89. The minimum atomic E-state index is 0.0870. The van der Waals surface area contributed by atoms with Crippen LogP contribution in [-0.4, -0.2) is 18.8 Å². The van der Waals surface area contributed by atoms with Gasteiger partial charge in [-0.15, -0.1) is 0 Å². The summed E-state index contributed by atoms with van der Waals surface area (Å²) in [5.74, 6) is 2.25. The average Bonchev–Trinajstić information content (AvgIpc) is 2.71. The van der Waals surface area contributed by atoms with Crippen LogP contribution < -0.4 is 5.73 Å². The maximum absolute atomic E-state index is 6.61. The third-order valence-corrected chi connectivity index (χ3v) is 4.54. The van der Waals surface area contributed by atoms with E-state index in [4.69, 9.17) is 10.5 Å². The molecule has 3 unspecified atom stereocenters. The van der Waals surface area contributed by atoms with Crippen LogP contribution in [0.2, 0.25) is 0 Å². The molecule has 2 fully saturated rings. The number of ether oxygens (including phenoxy) is 1. The first-order valence-corrected chi connectivity index (χ1v) is 6.48. The summed E-state index contributed by atoms with van der Waals surface area (Å²) in [6.45, 7) is 6.50. The molecular weight excluding hydrogens is 186 g/mol. The molecule has 1 heterocycles. The van der Waals surface area contributed by atoms with Crippen molar-refractivity contribution in [1.82, 2.24) is 0 Å². The van der Waals surface area contributed by atoms with Gasteiger partial charge in [0.2, 0.25) is 0 Å². The summed E-state index contributed by atoms with van der Waals surface area (Å²) in [5.41, 5.74) is 6.70. The summed E-state index contributed by atoms with van der Waals surface area (Å²) in [4.78, 5) is 0. The summed E-state index contributed by atoms with van der Waals surface area (Å²) >= 11 is 0. The van der Waals surface area contributed by atoms with Gasteiger partial charge in [0.15, 0.2) is 0 Å². The highest BCUT2D eigenvalue weighted by molar-refractivity contribution is 4.97. The third kappa shape index (κ3) is 2.36. The second kappa shape index (κ2) is 4.42. The van der Waals surface area contributed by atoms with Gasteiger partial charge in [-0.2, -0.15) is 0 Å². The van der Waals surface area contributed by atoms with Crippen LogP contribution in [0.5, 0.6) is 0 Å². The first-order chi connectivity index (χ1) is 7.12. The minimum absolute atomic E-state index is 0.0870. The first kappa shape index (κ1) is 11.4. The quantitative estimate of drug-likeness (QED) is 0.762. The van der Waals surface area contributed by atoms with Crippen LogP contribution in [0, 0.1) is 17.8 Å². The molecule has 1 aliphatic carbocycles. The van der Waals surface area contributed by atoms with Crippen molar-refractivity contribution < 1.29 is 4.74 Å². The van der Waals surface area contributed by atoms with Gasteiger partial charge in [0.1, 0.15) is 0 Å². The Kier molecular flexibility index (Phi) is 3.36. The molecule has 15 heavy (non-hydrogen) atoms. The molecule has 88 valence electrons. The predicted molar refractivity (Wildman–Crippen MR) is 62.6 cm³/mol. The molecule has 0 aromatic heterocycles.